The molecule has 1 aliphatic rings. The molecule has 1 amide bonds. The summed E-state index contributed by atoms with van der Waals surface area (Å²) in [7, 11) is 7.99. The number of aromatic hydroxyl groups is 1. The Balaban J connectivity index is 2.27. The number of ketones is 1. The van der Waals surface area contributed by atoms with Gasteiger partial charge in [0.25, 0.3) is 11.7 Å². The fraction of sp³-hybridized carbons (Fsp3) is 0.333. The lowest BCUT2D eigenvalue weighted by atomic mass is 9.94. The molecule has 0 aromatic heterocycles. The van der Waals surface area contributed by atoms with Crippen molar-refractivity contribution < 1.29 is 34.0 Å². The summed E-state index contributed by atoms with van der Waals surface area (Å²) in [6.45, 7) is 0.721. The Bertz CT molecular complexity index is 1070. The van der Waals surface area contributed by atoms with Crippen LogP contribution in [0.4, 0.5) is 0 Å². The molecule has 1 heterocycles. The van der Waals surface area contributed by atoms with Crippen molar-refractivity contribution in [2.24, 2.45) is 0 Å². The van der Waals surface area contributed by atoms with Crippen molar-refractivity contribution in [3.05, 3.63) is 53.1 Å². The van der Waals surface area contributed by atoms with Gasteiger partial charge in [0.2, 0.25) is 0 Å². The largest absolute Gasteiger partial charge is 0.506 e. The maximum atomic E-state index is 13.2. The number of likely N-dealkylation sites (tertiary alicyclic amines) is 1. The van der Waals surface area contributed by atoms with Crippen LogP contribution in [-0.2, 0) is 9.59 Å². The summed E-state index contributed by atoms with van der Waals surface area (Å²) in [6, 6.07) is 8.59. The van der Waals surface area contributed by atoms with Crippen molar-refractivity contribution in [3.8, 4) is 23.0 Å². The molecule has 1 saturated heterocycles. The number of benzene rings is 2. The number of carbonyl (C=O) groups is 2. The third-order valence-corrected chi connectivity index (χ3v) is 5.51. The highest BCUT2D eigenvalue weighted by molar-refractivity contribution is 6.46. The number of ether oxygens (including phenoxy) is 3. The number of Topliss-reactive ketones (excluding diaryl/α,β-unsaturated/α-hetero) is 1. The van der Waals surface area contributed by atoms with Crippen LogP contribution in [-0.4, -0.2) is 80.2 Å². The second kappa shape index (κ2) is 9.83. The maximum Gasteiger partial charge on any atom is 0.295 e. The van der Waals surface area contributed by atoms with E-state index in [1.54, 1.807) is 30.3 Å². The highest BCUT2D eigenvalue weighted by Gasteiger charge is 2.46. The van der Waals surface area contributed by atoms with E-state index in [9.17, 15) is 19.8 Å². The fourth-order valence-electron chi connectivity index (χ4n) is 3.86. The molecule has 0 saturated carbocycles. The van der Waals surface area contributed by atoms with Crippen LogP contribution in [0, 0.1) is 0 Å². The standard InChI is InChI=1S/C24H28N2O7/c1-25(2)11-12-26-21(14-9-10-16(31-3)15(27)13-14)20(23(29)24(26)30)22(28)19-17(32-4)7-6-8-18(19)33-5/h6-10,13,21,27-28H,11-12H2,1-5H3/b22-20+. The Kier molecular flexibility index (Phi) is 7.13. The highest BCUT2D eigenvalue weighted by atomic mass is 16.5. The van der Waals surface area contributed by atoms with Gasteiger partial charge in [-0.05, 0) is 43.9 Å². The van der Waals surface area contributed by atoms with E-state index in [-0.39, 0.29) is 40.7 Å². The molecule has 176 valence electrons. The van der Waals surface area contributed by atoms with Gasteiger partial charge in [0.15, 0.2) is 11.5 Å². The molecule has 1 aliphatic heterocycles. The van der Waals surface area contributed by atoms with E-state index in [4.69, 9.17) is 14.2 Å². The highest BCUT2D eigenvalue weighted by Crippen LogP contribution is 2.44. The molecular weight excluding hydrogens is 428 g/mol. The minimum absolute atomic E-state index is 0.119. The van der Waals surface area contributed by atoms with Crippen LogP contribution in [0.1, 0.15) is 17.2 Å². The summed E-state index contributed by atoms with van der Waals surface area (Å²) in [5.41, 5.74) is 0.489. The molecule has 2 aromatic rings. The number of rotatable bonds is 8. The molecule has 9 nitrogen and oxygen atoms in total. The van der Waals surface area contributed by atoms with Gasteiger partial charge >= 0.3 is 0 Å². The minimum atomic E-state index is -0.934. The summed E-state index contributed by atoms with van der Waals surface area (Å²) < 4.78 is 15.9. The number of hydrogen-bond acceptors (Lipinski definition) is 8. The van der Waals surface area contributed by atoms with Crippen LogP contribution in [0.15, 0.2) is 42.0 Å². The number of amides is 1. The van der Waals surface area contributed by atoms with Crippen molar-refractivity contribution in [3.63, 3.8) is 0 Å². The molecule has 1 unspecified atom stereocenters. The van der Waals surface area contributed by atoms with E-state index in [0.717, 1.165) is 0 Å². The van der Waals surface area contributed by atoms with Crippen molar-refractivity contribution >= 4 is 17.4 Å². The van der Waals surface area contributed by atoms with E-state index in [1.807, 2.05) is 19.0 Å². The lowest BCUT2D eigenvalue weighted by molar-refractivity contribution is -0.140. The van der Waals surface area contributed by atoms with Gasteiger partial charge < -0.3 is 34.2 Å². The van der Waals surface area contributed by atoms with Crippen LogP contribution in [0.25, 0.3) is 5.76 Å². The molecule has 0 spiro atoms. The van der Waals surface area contributed by atoms with Gasteiger partial charge in [-0.25, -0.2) is 0 Å². The number of hydrogen-bond donors (Lipinski definition) is 2. The van der Waals surface area contributed by atoms with Crippen molar-refractivity contribution in [2.75, 3.05) is 48.5 Å². The van der Waals surface area contributed by atoms with Crippen LogP contribution in [0.5, 0.6) is 23.0 Å². The summed E-state index contributed by atoms with van der Waals surface area (Å²) in [5, 5.41) is 21.7. The first-order valence-electron chi connectivity index (χ1n) is 10.3. The van der Waals surface area contributed by atoms with E-state index in [2.05, 4.69) is 0 Å². The molecule has 0 radical (unpaired) electrons. The number of phenols is 1. The number of aliphatic hydroxyl groups is 1. The molecule has 2 N–H and O–H groups in total. The fourth-order valence-corrected chi connectivity index (χ4v) is 3.86. The van der Waals surface area contributed by atoms with Gasteiger partial charge in [-0.15, -0.1) is 0 Å². The Morgan fingerprint density at radius 2 is 1.61 bits per heavy atom. The molecule has 0 aliphatic carbocycles. The number of phenolic OH excluding ortho intramolecular Hbond substituents is 1. The summed E-state index contributed by atoms with van der Waals surface area (Å²) in [5.74, 6) is -1.34. The van der Waals surface area contributed by atoms with Gasteiger partial charge in [-0.1, -0.05) is 12.1 Å². The Hall–Kier alpha value is -3.72. The van der Waals surface area contributed by atoms with Crippen LogP contribution in [0.2, 0.25) is 0 Å². The van der Waals surface area contributed by atoms with E-state index in [0.29, 0.717) is 12.1 Å². The van der Waals surface area contributed by atoms with Crippen molar-refractivity contribution in [1.29, 1.82) is 0 Å². The zero-order chi connectivity index (χ0) is 24.3. The predicted molar refractivity (Wildman–Crippen MR) is 122 cm³/mol. The monoisotopic (exact) mass is 456 g/mol. The first-order valence-corrected chi connectivity index (χ1v) is 10.3. The average molecular weight is 456 g/mol. The number of nitrogens with zero attached hydrogens (tertiary/aromatic N) is 2. The Morgan fingerprint density at radius 3 is 2.12 bits per heavy atom. The van der Waals surface area contributed by atoms with Crippen molar-refractivity contribution in [1.82, 2.24) is 9.80 Å². The zero-order valence-corrected chi connectivity index (χ0v) is 19.3. The molecule has 1 fully saturated rings. The first kappa shape index (κ1) is 23.9. The quantitative estimate of drug-likeness (QED) is 0.354. The van der Waals surface area contributed by atoms with Gasteiger partial charge in [-0.2, -0.15) is 0 Å². The Labute approximate surface area is 192 Å². The van der Waals surface area contributed by atoms with Crippen LogP contribution < -0.4 is 14.2 Å². The number of methoxy groups -OCH3 is 3. The van der Waals surface area contributed by atoms with E-state index < -0.39 is 23.5 Å². The van der Waals surface area contributed by atoms with Crippen LogP contribution >= 0.6 is 0 Å². The molecule has 9 heteroatoms. The lowest BCUT2D eigenvalue weighted by Crippen LogP contribution is -2.35. The first-order chi connectivity index (χ1) is 15.7. The van der Waals surface area contributed by atoms with Gasteiger partial charge in [-0.3, -0.25) is 9.59 Å². The molecule has 0 bridgehead atoms. The third-order valence-electron chi connectivity index (χ3n) is 5.51. The summed E-state index contributed by atoms with van der Waals surface area (Å²) >= 11 is 0. The lowest BCUT2D eigenvalue weighted by Gasteiger charge is -2.27. The smallest absolute Gasteiger partial charge is 0.295 e. The number of likely N-dealkylation sites (N-methyl/N-ethyl adjacent to an activating group) is 1. The van der Waals surface area contributed by atoms with Gasteiger partial charge in [0.1, 0.15) is 22.8 Å². The topological polar surface area (TPSA) is 109 Å². The average Bonchev–Trinajstić information content (AvgIpc) is 3.06. The maximum absolute atomic E-state index is 13.2. The third kappa shape index (κ3) is 4.45. The zero-order valence-electron chi connectivity index (χ0n) is 19.3. The molecule has 2 aromatic carbocycles. The van der Waals surface area contributed by atoms with E-state index >= 15 is 0 Å². The molecule has 33 heavy (non-hydrogen) atoms. The summed E-state index contributed by atoms with van der Waals surface area (Å²) in [6.07, 6.45) is 0. The predicted octanol–water partition coefficient (Wildman–Crippen LogP) is 2.40. The molecule has 1 atom stereocenters. The Morgan fingerprint density at radius 1 is 1.00 bits per heavy atom. The molecular formula is C24H28N2O7. The SMILES string of the molecule is COc1ccc(C2/C(=C(\O)c3c(OC)cccc3OC)C(=O)C(=O)N2CCN(C)C)cc1O. The molecule has 3 rings (SSSR count). The second-order valence-corrected chi connectivity index (χ2v) is 7.76. The van der Waals surface area contributed by atoms with Crippen LogP contribution in [0.3, 0.4) is 0 Å². The van der Waals surface area contributed by atoms with E-state index in [1.165, 1.54) is 32.3 Å². The number of carbonyl (C=O) groups excluding carboxylic acids is 2. The second-order valence-electron chi connectivity index (χ2n) is 7.76. The minimum Gasteiger partial charge on any atom is -0.506 e. The summed E-state index contributed by atoms with van der Waals surface area (Å²) in [4.78, 5) is 29.5. The number of aliphatic hydroxyl groups excluding tert-OH is 1. The van der Waals surface area contributed by atoms with Gasteiger partial charge in [0.05, 0.1) is 32.9 Å². The van der Waals surface area contributed by atoms with Crippen molar-refractivity contribution in [2.45, 2.75) is 6.04 Å². The van der Waals surface area contributed by atoms with Gasteiger partial charge in [0, 0.05) is 13.1 Å². The normalized spacial score (nSPS) is 17.5.